The molecule has 1 unspecified atom stereocenters. The number of rotatable bonds is 3. The van der Waals surface area contributed by atoms with Crippen molar-refractivity contribution in [1.29, 1.82) is 0 Å². The average molecular weight is 348 g/mol. The first-order chi connectivity index (χ1) is 11.5. The number of thioether (sulfide) groups is 1. The highest BCUT2D eigenvalue weighted by Crippen LogP contribution is 2.42. The number of fused-ring (bicyclic) bond motifs is 1. The molecule has 0 spiro atoms. The Kier molecular flexibility index (Phi) is 4.23. The Bertz CT molecular complexity index is 787. The molecule has 24 heavy (non-hydrogen) atoms. The minimum atomic E-state index is -0.665. The van der Waals surface area contributed by atoms with E-state index in [1.54, 1.807) is 19.1 Å². The van der Waals surface area contributed by atoms with Crippen LogP contribution in [0.5, 0.6) is 11.5 Å². The summed E-state index contributed by atoms with van der Waals surface area (Å²) in [6, 6.07) is 4.06. The normalized spacial score (nSPS) is 20.0. The molecule has 2 aliphatic heterocycles. The lowest BCUT2D eigenvalue weighted by Gasteiger charge is -2.32. The first kappa shape index (κ1) is 16.4. The van der Waals surface area contributed by atoms with Gasteiger partial charge in [-0.15, -0.1) is 0 Å². The Morgan fingerprint density at radius 2 is 2.17 bits per heavy atom. The van der Waals surface area contributed by atoms with Crippen molar-refractivity contribution in [3.8, 4) is 11.5 Å². The van der Waals surface area contributed by atoms with Crippen LogP contribution in [0.4, 0.5) is 0 Å². The first-order valence-electron chi connectivity index (χ1n) is 7.17. The molecule has 0 radical (unpaired) electrons. The number of carbonyl (C=O) groups excluding carboxylic acids is 2. The number of hydrogen-bond donors (Lipinski definition) is 1. The number of carbonyl (C=O) groups is 2. The lowest BCUT2D eigenvalue weighted by Crippen LogP contribution is -2.39. The van der Waals surface area contributed by atoms with Crippen LogP contribution in [-0.2, 0) is 14.3 Å². The largest absolute Gasteiger partial charge is 0.504 e. The summed E-state index contributed by atoms with van der Waals surface area (Å²) in [6.45, 7) is 1.71. The molecule has 2 aliphatic rings. The van der Waals surface area contributed by atoms with Gasteiger partial charge in [-0.3, -0.25) is 9.69 Å². The van der Waals surface area contributed by atoms with Crippen LogP contribution < -0.4 is 4.74 Å². The van der Waals surface area contributed by atoms with Gasteiger partial charge in [-0.05, 0) is 24.6 Å². The van der Waals surface area contributed by atoms with Crippen molar-refractivity contribution in [2.24, 2.45) is 4.99 Å². The number of amidine groups is 1. The van der Waals surface area contributed by atoms with E-state index in [2.05, 4.69) is 4.99 Å². The molecular formula is C16H16N2O5S. The van der Waals surface area contributed by atoms with Crippen molar-refractivity contribution in [1.82, 2.24) is 4.90 Å². The van der Waals surface area contributed by atoms with Crippen LogP contribution >= 0.6 is 11.8 Å². The maximum absolute atomic E-state index is 12.3. The molecule has 0 saturated carbocycles. The molecule has 0 bridgehead atoms. The van der Waals surface area contributed by atoms with E-state index in [9.17, 15) is 14.7 Å². The number of allylic oxidation sites excluding steroid dienone is 1. The molecular weight excluding hydrogens is 332 g/mol. The summed E-state index contributed by atoms with van der Waals surface area (Å²) in [5.41, 5.74) is 1.44. The van der Waals surface area contributed by atoms with Crippen LogP contribution in [0.25, 0.3) is 0 Å². The van der Waals surface area contributed by atoms with Crippen LogP contribution in [0.2, 0.25) is 0 Å². The average Bonchev–Trinajstić information content (AvgIpc) is 2.94. The van der Waals surface area contributed by atoms with Crippen molar-refractivity contribution in [3.63, 3.8) is 0 Å². The van der Waals surface area contributed by atoms with Gasteiger partial charge in [-0.1, -0.05) is 17.8 Å². The molecule has 8 heteroatoms. The summed E-state index contributed by atoms with van der Waals surface area (Å²) >= 11 is 1.33. The highest BCUT2D eigenvalue weighted by molar-refractivity contribution is 8.15. The van der Waals surface area contributed by atoms with Crippen molar-refractivity contribution in [3.05, 3.63) is 35.0 Å². The topological polar surface area (TPSA) is 88.4 Å². The van der Waals surface area contributed by atoms with Gasteiger partial charge in [-0.25, -0.2) is 9.79 Å². The van der Waals surface area contributed by atoms with Gasteiger partial charge in [0.2, 0.25) is 5.91 Å². The number of benzene rings is 1. The van der Waals surface area contributed by atoms with Crippen LogP contribution in [-0.4, -0.2) is 47.0 Å². The minimum Gasteiger partial charge on any atom is -0.504 e. The summed E-state index contributed by atoms with van der Waals surface area (Å²) in [6.07, 6.45) is 0. The number of amides is 1. The zero-order chi connectivity index (χ0) is 17.4. The number of hydrogen-bond acceptors (Lipinski definition) is 7. The van der Waals surface area contributed by atoms with E-state index in [1.165, 1.54) is 36.9 Å². The van der Waals surface area contributed by atoms with Gasteiger partial charge < -0.3 is 14.6 Å². The van der Waals surface area contributed by atoms with Gasteiger partial charge in [0.1, 0.15) is 0 Å². The highest BCUT2D eigenvalue weighted by atomic mass is 32.2. The zero-order valence-electron chi connectivity index (χ0n) is 13.4. The summed E-state index contributed by atoms with van der Waals surface area (Å²) in [5.74, 6) is -0.167. The Morgan fingerprint density at radius 3 is 2.83 bits per heavy atom. The summed E-state index contributed by atoms with van der Waals surface area (Å²) in [7, 11) is 2.72. The van der Waals surface area contributed by atoms with Crippen molar-refractivity contribution in [2.75, 3.05) is 20.0 Å². The number of methoxy groups -OCH3 is 2. The summed E-state index contributed by atoms with van der Waals surface area (Å²) in [5, 5.41) is 10.4. The molecule has 1 aromatic rings. The SMILES string of the molecule is COC(=O)C1=C(C)N=C2SCC(=O)N2C1c1ccc(O)c(OC)c1. The van der Waals surface area contributed by atoms with E-state index in [0.717, 1.165) is 0 Å². The number of esters is 1. The number of aliphatic imine (C=N–C) groups is 1. The summed E-state index contributed by atoms with van der Waals surface area (Å²) in [4.78, 5) is 30.5. The lowest BCUT2D eigenvalue weighted by atomic mass is 9.94. The van der Waals surface area contributed by atoms with Crippen molar-refractivity contribution < 1.29 is 24.2 Å². The van der Waals surface area contributed by atoms with Gasteiger partial charge in [0, 0.05) is 0 Å². The minimum absolute atomic E-state index is 0.0200. The third kappa shape index (κ3) is 2.52. The van der Waals surface area contributed by atoms with Gasteiger partial charge in [-0.2, -0.15) is 0 Å². The zero-order valence-corrected chi connectivity index (χ0v) is 14.2. The second kappa shape index (κ2) is 6.20. The maximum Gasteiger partial charge on any atom is 0.338 e. The lowest BCUT2D eigenvalue weighted by molar-refractivity contribution is -0.137. The molecule has 1 atom stereocenters. The molecule has 1 N–H and O–H groups in total. The number of ether oxygens (including phenoxy) is 2. The fourth-order valence-electron chi connectivity index (χ4n) is 2.79. The first-order valence-corrected chi connectivity index (χ1v) is 8.16. The second-order valence-corrected chi connectivity index (χ2v) is 6.21. The van der Waals surface area contributed by atoms with Crippen LogP contribution in [0.1, 0.15) is 18.5 Å². The van der Waals surface area contributed by atoms with Crippen molar-refractivity contribution >= 4 is 28.8 Å². The number of nitrogens with zero attached hydrogens (tertiary/aromatic N) is 2. The second-order valence-electron chi connectivity index (χ2n) is 5.27. The van der Waals surface area contributed by atoms with Crippen LogP contribution in [0.15, 0.2) is 34.5 Å². The van der Waals surface area contributed by atoms with E-state index >= 15 is 0 Å². The van der Waals surface area contributed by atoms with E-state index in [1.807, 2.05) is 0 Å². The van der Waals surface area contributed by atoms with Crippen molar-refractivity contribution in [2.45, 2.75) is 13.0 Å². The Labute approximate surface area is 143 Å². The third-order valence-corrected chi connectivity index (χ3v) is 4.85. The maximum atomic E-state index is 12.3. The Hall–Kier alpha value is -2.48. The van der Waals surface area contributed by atoms with Gasteiger partial charge >= 0.3 is 5.97 Å². The Morgan fingerprint density at radius 1 is 1.42 bits per heavy atom. The molecule has 126 valence electrons. The highest BCUT2D eigenvalue weighted by Gasteiger charge is 2.43. The molecule has 1 amide bonds. The van der Waals surface area contributed by atoms with E-state index in [-0.39, 0.29) is 23.2 Å². The third-order valence-electron chi connectivity index (χ3n) is 3.91. The predicted molar refractivity (Wildman–Crippen MR) is 88.9 cm³/mol. The molecule has 1 aromatic carbocycles. The molecule has 1 fully saturated rings. The predicted octanol–water partition coefficient (Wildman–Crippen LogP) is 1.83. The molecule has 3 rings (SSSR count). The Balaban J connectivity index is 2.18. The smallest absolute Gasteiger partial charge is 0.338 e. The van der Waals surface area contributed by atoms with Crippen LogP contribution in [0, 0.1) is 0 Å². The monoisotopic (exact) mass is 348 g/mol. The van der Waals surface area contributed by atoms with Gasteiger partial charge in [0.05, 0.1) is 37.3 Å². The summed E-state index contributed by atoms with van der Waals surface area (Å²) < 4.78 is 10.0. The standard InChI is InChI=1S/C16H16N2O5S/c1-8-13(15(21)23-3)14(18-12(20)7-24-16(18)17-8)9-4-5-10(19)11(6-9)22-2/h4-6,14,19H,7H2,1-3H3. The molecule has 1 saturated heterocycles. The molecule has 2 heterocycles. The van der Waals surface area contributed by atoms with E-state index in [0.29, 0.717) is 22.0 Å². The fourth-order valence-corrected chi connectivity index (χ4v) is 3.73. The quantitative estimate of drug-likeness (QED) is 0.839. The molecule has 0 aliphatic carbocycles. The van der Waals surface area contributed by atoms with Gasteiger partial charge in [0.15, 0.2) is 16.7 Å². The number of phenolic OH excluding ortho intramolecular Hbond substituents is 1. The van der Waals surface area contributed by atoms with Gasteiger partial charge in [0.25, 0.3) is 0 Å². The van der Waals surface area contributed by atoms with Crippen LogP contribution in [0.3, 0.4) is 0 Å². The molecule has 0 aromatic heterocycles. The molecule has 7 nitrogen and oxygen atoms in total. The van der Waals surface area contributed by atoms with E-state index in [4.69, 9.17) is 9.47 Å². The number of aromatic hydroxyl groups is 1. The van der Waals surface area contributed by atoms with E-state index < -0.39 is 12.0 Å². The number of phenols is 1. The fraction of sp³-hybridized carbons (Fsp3) is 0.312.